The Labute approximate surface area is 155 Å². The standard InChI is InChI=1S/C17H25N3O3S.ClH/c1-13-12-18-9-10-20(13)17(21)14-5-4-8-16(11-14)24(22,23)19-15-6-2-3-7-15;/h4-5,8,11,13,15,18-19H,2-3,6-7,9-10,12H2,1H3;1H/t13-;/m1./s1. The third-order valence-electron chi connectivity index (χ3n) is 4.83. The van der Waals surface area contributed by atoms with Crippen molar-refractivity contribution in [3.8, 4) is 0 Å². The molecule has 140 valence electrons. The minimum atomic E-state index is -3.58. The highest BCUT2D eigenvalue weighted by atomic mass is 35.5. The molecule has 1 saturated heterocycles. The predicted molar refractivity (Wildman–Crippen MR) is 99.6 cm³/mol. The maximum atomic E-state index is 12.7. The smallest absolute Gasteiger partial charge is 0.254 e. The number of nitrogens with zero attached hydrogens (tertiary/aromatic N) is 1. The molecule has 0 radical (unpaired) electrons. The van der Waals surface area contributed by atoms with Crippen molar-refractivity contribution < 1.29 is 13.2 Å². The van der Waals surface area contributed by atoms with Gasteiger partial charge in [-0.25, -0.2) is 13.1 Å². The van der Waals surface area contributed by atoms with Crippen LogP contribution in [0.15, 0.2) is 29.2 Å². The zero-order valence-corrected chi connectivity index (χ0v) is 16.0. The number of halogens is 1. The number of hydrogen-bond donors (Lipinski definition) is 2. The first-order valence-electron chi connectivity index (χ1n) is 8.61. The quantitative estimate of drug-likeness (QED) is 0.825. The average Bonchev–Trinajstić information content (AvgIpc) is 3.07. The van der Waals surface area contributed by atoms with Crippen LogP contribution in [0.1, 0.15) is 43.0 Å². The molecule has 1 atom stereocenters. The van der Waals surface area contributed by atoms with Gasteiger partial charge in [0.05, 0.1) is 4.90 Å². The molecule has 2 N–H and O–H groups in total. The number of hydrogen-bond acceptors (Lipinski definition) is 4. The molecule has 1 aliphatic heterocycles. The van der Waals surface area contributed by atoms with E-state index >= 15 is 0 Å². The number of carbonyl (C=O) groups is 1. The van der Waals surface area contributed by atoms with Crippen LogP contribution < -0.4 is 10.0 Å². The minimum Gasteiger partial charge on any atom is -0.333 e. The van der Waals surface area contributed by atoms with Gasteiger partial charge in [0.25, 0.3) is 5.91 Å². The predicted octanol–water partition coefficient (Wildman–Crippen LogP) is 1.76. The van der Waals surface area contributed by atoms with Gasteiger partial charge in [0.2, 0.25) is 10.0 Å². The first kappa shape index (κ1) is 20.2. The lowest BCUT2D eigenvalue weighted by molar-refractivity contribution is 0.0655. The minimum absolute atomic E-state index is 0. The second-order valence-electron chi connectivity index (χ2n) is 6.68. The van der Waals surface area contributed by atoms with Gasteiger partial charge < -0.3 is 10.2 Å². The van der Waals surface area contributed by atoms with Crippen LogP contribution >= 0.6 is 12.4 Å². The van der Waals surface area contributed by atoms with Gasteiger partial charge in [0.1, 0.15) is 0 Å². The zero-order valence-electron chi connectivity index (χ0n) is 14.4. The molecule has 0 spiro atoms. The fraction of sp³-hybridized carbons (Fsp3) is 0.588. The van der Waals surface area contributed by atoms with E-state index in [1.165, 1.54) is 6.07 Å². The first-order chi connectivity index (χ1) is 11.5. The number of benzene rings is 1. The van der Waals surface area contributed by atoms with Crippen molar-refractivity contribution >= 4 is 28.3 Å². The summed E-state index contributed by atoms with van der Waals surface area (Å²) < 4.78 is 27.9. The maximum absolute atomic E-state index is 12.7. The summed E-state index contributed by atoms with van der Waals surface area (Å²) in [5.41, 5.74) is 0.429. The van der Waals surface area contributed by atoms with Crippen LogP contribution in [0, 0.1) is 0 Å². The Morgan fingerprint density at radius 3 is 2.68 bits per heavy atom. The van der Waals surface area contributed by atoms with Crippen molar-refractivity contribution in [1.29, 1.82) is 0 Å². The fourth-order valence-corrected chi connectivity index (χ4v) is 4.79. The van der Waals surface area contributed by atoms with Gasteiger partial charge in [-0.05, 0) is 38.0 Å². The molecule has 3 rings (SSSR count). The highest BCUT2D eigenvalue weighted by Crippen LogP contribution is 2.21. The zero-order chi connectivity index (χ0) is 17.2. The third-order valence-corrected chi connectivity index (χ3v) is 6.35. The number of rotatable bonds is 4. The molecule has 1 aliphatic carbocycles. The van der Waals surface area contributed by atoms with Crippen molar-refractivity contribution in [2.75, 3.05) is 19.6 Å². The SMILES string of the molecule is C[C@@H]1CNCCN1C(=O)c1cccc(S(=O)(=O)NC2CCCC2)c1.Cl. The highest BCUT2D eigenvalue weighted by molar-refractivity contribution is 7.89. The lowest BCUT2D eigenvalue weighted by Gasteiger charge is -2.34. The summed E-state index contributed by atoms with van der Waals surface area (Å²) in [5, 5.41) is 3.25. The Morgan fingerprint density at radius 1 is 1.28 bits per heavy atom. The normalized spacial score (nSPS) is 21.8. The van der Waals surface area contributed by atoms with Crippen molar-refractivity contribution in [3.63, 3.8) is 0 Å². The highest BCUT2D eigenvalue weighted by Gasteiger charge is 2.26. The maximum Gasteiger partial charge on any atom is 0.254 e. The lowest BCUT2D eigenvalue weighted by Crippen LogP contribution is -2.52. The summed E-state index contributed by atoms with van der Waals surface area (Å²) in [6.07, 6.45) is 3.89. The second kappa shape index (κ2) is 8.49. The average molecular weight is 388 g/mol. The molecule has 1 amide bonds. The largest absolute Gasteiger partial charge is 0.333 e. The van der Waals surface area contributed by atoms with Crippen LogP contribution in [-0.2, 0) is 10.0 Å². The summed E-state index contributed by atoms with van der Waals surface area (Å²) in [6, 6.07) is 6.49. The number of carbonyl (C=O) groups excluding carboxylic acids is 1. The molecule has 2 fully saturated rings. The molecule has 25 heavy (non-hydrogen) atoms. The molecule has 8 heteroatoms. The van der Waals surface area contributed by atoms with Gasteiger partial charge in [0, 0.05) is 37.3 Å². The van der Waals surface area contributed by atoms with Gasteiger partial charge in [-0.1, -0.05) is 18.9 Å². The molecule has 6 nitrogen and oxygen atoms in total. The summed E-state index contributed by atoms with van der Waals surface area (Å²) in [6.45, 7) is 4.15. The number of nitrogens with one attached hydrogen (secondary N) is 2. The van der Waals surface area contributed by atoms with Gasteiger partial charge in [-0.2, -0.15) is 0 Å². The van der Waals surface area contributed by atoms with E-state index < -0.39 is 10.0 Å². The van der Waals surface area contributed by atoms with E-state index in [0.717, 1.165) is 38.8 Å². The molecule has 0 bridgehead atoms. The van der Waals surface area contributed by atoms with Crippen molar-refractivity contribution in [3.05, 3.63) is 29.8 Å². The molecule has 1 aromatic carbocycles. The lowest BCUT2D eigenvalue weighted by atomic mass is 10.1. The first-order valence-corrected chi connectivity index (χ1v) is 10.1. The van der Waals surface area contributed by atoms with E-state index in [0.29, 0.717) is 12.1 Å². The molecule has 1 heterocycles. The van der Waals surface area contributed by atoms with Crippen molar-refractivity contribution in [2.45, 2.75) is 49.6 Å². The van der Waals surface area contributed by atoms with Crippen molar-refractivity contribution in [2.24, 2.45) is 0 Å². The Kier molecular flexibility index (Phi) is 6.85. The van der Waals surface area contributed by atoms with Crippen LogP contribution in [0.25, 0.3) is 0 Å². The van der Waals surface area contributed by atoms with Gasteiger partial charge in [-0.3, -0.25) is 4.79 Å². The monoisotopic (exact) mass is 387 g/mol. The van der Waals surface area contributed by atoms with E-state index in [4.69, 9.17) is 0 Å². The van der Waals surface area contributed by atoms with Gasteiger partial charge in [0.15, 0.2) is 0 Å². The van der Waals surface area contributed by atoms with E-state index in [-0.39, 0.29) is 35.3 Å². The summed E-state index contributed by atoms with van der Waals surface area (Å²) in [7, 11) is -3.58. The third kappa shape index (κ3) is 4.73. The summed E-state index contributed by atoms with van der Waals surface area (Å²) in [4.78, 5) is 14.7. The molecule has 0 unspecified atom stereocenters. The van der Waals surface area contributed by atoms with Crippen LogP contribution in [0.4, 0.5) is 0 Å². The van der Waals surface area contributed by atoms with Crippen LogP contribution in [0.2, 0.25) is 0 Å². The summed E-state index contributed by atoms with van der Waals surface area (Å²) >= 11 is 0. The van der Waals surface area contributed by atoms with Crippen LogP contribution in [0.3, 0.4) is 0 Å². The van der Waals surface area contributed by atoms with Crippen LogP contribution in [0.5, 0.6) is 0 Å². The Balaban J connectivity index is 0.00000225. The van der Waals surface area contributed by atoms with Gasteiger partial charge in [-0.15, -0.1) is 12.4 Å². The fourth-order valence-electron chi connectivity index (χ4n) is 3.44. The molecule has 0 aromatic heterocycles. The Bertz CT molecular complexity index is 705. The summed E-state index contributed by atoms with van der Waals surface area (Å²) in [5.74, 6) is -0.109. The molecule has 1 aromatic rings. The van der Waals surface area contributed by atoms with Crippen LogP contribution in [-0.4, -0.2) is 50.9 Å². The van der Waals surface area contributed by atoms with E-state index in [1.54, 1.807) is 23.1 Å². The van der Waals surface area contributed by atoms with E-state index in [9.17, 15) is 13.2 Å². The number of sulfonamides is 1. The van der Waals surface area contributed by atoms with Crippen molar-refractivity contribution in [1.82, 2.24) is 14.9 Å². The molecule has 2 aliphatic rings. The Hall–Kier alpha value is -1.15. The second-order valence-corrected chi connectivity index (χ2v) is 8.40. The van der Waals surface area contributed by atoms with Gasteiger partial charge >= 0.3 is 0 Å². The van der Waals surface area contributed by atoms with E-state index in [1.807, 2.05) is 6.92 Å². The molecular weight excluding hydrogens is 362 g/mol. The Morgan fingerprint density at radius 2 is 2.00 bits per heavy atom. The molecular formula is C17H26ClN3O3S. The number of piperazine rings is 1. The topological polar surface area (TPSA) is 78.5 Å². The number of amides is 1. The van der Waals surface area contributed by atoms with E-state index in [2.05, 4.69) is 10.0 Å². The molecule has 1 saturated carbocycles.